The molecule has 0 unspecified atom stereocenters. The third kappa shape index (κ3) is 2.56. The van der Waals surface area contributed by atoms with Crippen molar-refractivity contribution < 1.29 is 14.3 Å². The van der Waals surface area contributed by atoms with Crippen molar-refractivity contribution >= 4 is 28.9 Å². The molecular formula is C14H13FN2O2S. The number of phenols is 1. The second-order valence-electron chi connectivity index (χ2n) is 4.71. The third-order valence-electron chi connectivity index (χ3n) is 3.26. The van der Waals surface area contributed by atoms with Gasteiger partial charge < -0.3 is 10.0 Å². The smallest absolute Gasteiger partial charge is 0.286 e. The molecule has 1 amide bonds. The number of phenolic OH excluding ortho intramolecular Hbond substituents is 1. The number of hydrogen-bond acceptors (Lipinski definition) is 4. The number of carbonyl (C=O) groups is 1. The molecule has 0 saturated carbocycles. The minimum atomic E-state index is -0.453. The van der Waals surface area contributed by atoms with E-state index in [1.807, 2.05) is 0 Å². The van der Waals surface area contributed by atoms with Gasteiger partial charge in [-0.1, -0.05) is 0 Å². The molecule has 2 aliphatic heterocycles. The first-order valence-corrected chi connectivity index (χ1v) is 7.21. The number of hydrogen-bond donors (Lipinski definition) is 1. The maximum atomic E-state index is 13.2. The number of nitrogens with zero attached hydrogens (tertiary/aromatic N) is 2. The van der Waals surface area contributed by atoms with Crippen LogP contribution in [0.4, 0.5) is 4.39 Å². The van der Waals surface area contributed by atoms with Gasteiger partial charge in [0, 0.05) is 18.7 Å². The Kier molecular flexibility index (Phi) is 3.48. The Balaban J connectivity index is 1.83. The van der Waals surface area contributed by atoms with Crippen molar-refractivity contribution in [2.75, 3.05) is 13.1 Å². The largest absolute Gasteiger partial charge is 0.507 e. The van der Waals surface area contributed by atoms with Crippen LogP contribution in [0.15, 0.2) is 28.1 Å². The van der Waals surface area contributed by atoms with Crippen LogP contribution in [0.2, 0.25) is 0 Å². The summed E-state index contributed by atoms with van der Waals surface area (Å²) >= 11 is 1.28. The lowest BCUT2D eigenvalue weighted by molar-refractivity contribution is -0.113. The van der Waals surface area contributed by atoms with Crippen LogP contribution >= 0.6 is 11.8 Å². The van der Waals surface area contributed by atoms with Gasteiger partial charge in [-0.3, -0.25) is 4.79 Å². The van der Waals surface area contributed by atoms with Gasteiger partial charge in [-0.25, -0.2) is 4.39 Å². The van der Waals surface area contributed by atoms with E-state index in [1.165, 1.54) is 36.0 Å². The van der Waals surface area contributed by atoms with Crippen molar-refractivity contribution in [1.29, 1.82) is 0 Å². The lowest BCUT2D eigenvalue weighted by Crippen LogP contribution is -2.23. The highest BCUT2D eigenvalue weighted by Crippen LogP contribution is 2.33. The molecule has 1 aromatic rings. The molecule has 0 atom stereocenters. The second kappa shape index (κ2) is 5.28. The molecular weight excluding hydrogens is 279 g/mol. The molecule has 1 fully saturated rings. The van der Waals surface area contributed by atoms with Crippen molar-refractivity contribution in [2.45, 2.75) is 12.8 Å². The van der Waals surface area contributed by atoms with E-state index >= 15 is 0 Å². The summed E-state index contributed by atoms with van der Waals surface area (Å²) in [5, 5.41) is 10.4. The predicted octanol–water partition coefficient (Wildman–Crippen LogP) is 2.60. The fourth-order valence-corrected chi connectivity index (χ4v) is 3.18. The molecule has 2 heterocycles. The molecule has 2 aliphatic rings. The van der Waals surface area contributed by atoms with E-state index in [2.05, 4.69) is 9.89 Å². The molecule has 4 nitrogen and oxygen atoms in total. The summed E-state index contributed by atoms with van der Waals surface area (Å²) in [6.45, 7) is 1.83. The summed E-state index contributed by atoms with van der Waals surface area (Å²) in [6.07, 6.45) is 3.70. The first kappa shape index (κ1) is 13.2. The number of aromatic hydroxyl groups is 1. The van der Waals surface area contributed by atoms with Crippen molar-refractivity contribution in [3.63, 3.8) is 0 Å². The van der Waals surface area contributed by atoms with Gasteiger partial charge in [-0.2, -0.15) is 4.99 Å². The van der Waals surface area contributed by atoms with Crippen LogP contribution in [0.3, 0.4) is 0 Å². The van der Waals surface area contributed by atoms with Gasteiger partial charge in [-0.05, 0) is 48.9 Å². The summed E-state index contributed by atoms with van der Waals surface area (Å²) in [5.41, 5.74) is 0.290. The normalized spacial score (nSPS) is 20.9. The summed E-state index contributed by atoms with van der Waals surface area (Å²) in [7, 11) is 0. The zero-order chi connectivity index (χ0) is 14.1. The van der Waals surface area contributed by atoms with E-state index < -0.39 is 5.82 Å². The molecule has 6 heteroatoms. The van der Waals surface area contributed by atoms with E-state index in [9.17, 15) is 14.3 Å². The molecule has 0 radical (unpaired) electrons. The van der Waals surface area contributed by atoms with Crippen LogP contribution in [0.5, 0.6) is 5.75 Å². The van der Waals surface area contributed by atoms with Gasteiger partial charge in [0.1, 0.15) is 11.6 Å². The SMILES string of the molecule is O=C1N=C(N2CCCC2)S/C1=C\c1cc(F)ccc1O. The van der Waals surface area contributed by atoms with Gasteiger partial charge in [0.05, 0.1) is 4.91 Å². The fourth-order valence-electron chi connectivity index (χ4n) is 2.22. The second-order valence-corrected chi connectivity index (χ2v) is 5.72. The van der Waals surface area contributed by atoms with Crippen molar-refractivity contribution in [3.8, 4) is 5.75 Å². The van der Waals surface area contributed by atoms with E-state index in [4.69, 9.17) is 0 Å². The Morgan fingerprint density at radius 2 is 2.10 bits per heavy atom. The number of halogens is 1. The van der Waals surface area contributed by atoms with Gasteiger partial charge >= 0.3 is 0 Å². The first-order valence-electron chi connectivity index (χ1n) is 6.39. The molecule has 0 bridgehead atoms. The van der Waals surface area contributed by atoms with Crippen LogP contribution in [0, 0.1) is 5.82 Å². The number of benzene rings is 1. The van der Waals surface area contributed by atoms with Crippen molar-refractivity contribution in [3.05, 3.63) is 34.5 Å². The number of thioether (sulfide) groups is 1. The number of carbonyl (C=O) groups excluding carboxylic acids is 1. The molecule has 1 saturated heterocycles. The summed E-state index contributed by atoms with van der Waals surface area (Å²) < 4.78 is 13.2. The number of aliphatic imine (C=N–C) groups is 1. The number of amidine groups is 1. The predicted molar refractivity (Wildman–Crippen MR) is 76.9 cm³/mol. The van der Waals surface area contributed by atoms with Crippen LogP contribution < -0.4 is 0 Å². The lowest BCUT2D eigenvalue weighted by Gasteiger charge is -2.14. The molecule has 1 aromatic carbocycles. The van der Waals surface area contributed by atoms with Crippen molar-refractivity contribution in [1.82, 2.24) is 4.90 Å². The topological polar surface area (TPSA) is 52.9 Å². The Hall–Kier alpha value is -1.82. The van der Waals surface area contributed by atoms with Crippen LogP contribution in [-0.4, -0.2) is 34.2 Å². The van der Waals surface area contributed by atoms with Gasteiger partial charge in [0.15, 0.2) is 5.17 Å². The van der Waals surface area contributed by atoms with Crippen molar-refractivity contribution in [2.24, 2.45) is 4.99 Å². The minimum absolute atomic E-state index is 0.0538. The Labute approximate surface area is 120 Å². The lowest BCUT2D eigenvalue weighted by atomic mass is 10.2. The van der Waals surface area contributed by atoms with Gasteiger partial charge in [0.2, 0.25) is 0 Å². The molecule has 0 aliphatic carbocycles. The maximum Gasteiger partial charge on any atom is 0.286 e. The van der Waals surface area contributed by atoms with Crippen LogP contribution in [-0.2, 0) is 4.79 Å². The van der Waals surface area contributed by atoms with E-state index in [-0.39, 0.29) is 11.7 Å². The summed E-state index contributed by atoms with van der Waals surface area (Å²) in [6, 6.07) is 3.64. The van der Waals surface area contributed by atoms with E-state index in [0.717, 1.165) is 25.9 Å². The zero-order valence-corrected chi connectivity index (χ0v) is 11.5. The third-order valence-corrected chi connectivity index (χ3v) is 4.31. The standard InChI is InChI=1S/C14H13FN2O2S/c15-10-3-4-11(18)9(7-10)8-12-13(19)16-14(20-12)17-5-1-2-6-17/h3-4,7-8,18H,1-2,5-6H2/b12-8-. The molecule has 104 valence electrons. The number of amides is 1. The average Bonchev–Trinajstić information content (AvgIpc) is 3.04. The molecule has 0 aromatic heterocycles. The Morgan fingerprint density at radius 1 is 1.35 bits per heavy atom. The molecule has 0 spiro atoms. The summed E-state index contributed by atoms with van der Waals surface area (Å²) in [4.78, 5) is 18.4. The van der Waals surface area contributed by atoms with Crippen LogP contribution in [0.25, 0.3) is 6.08 Å². The van der Waals surface area contributed by atoms with Gasteiger partial charge in [-0.15, -0.1) is 0 Å². The molecule has 3 rings (SSSR count). The maximum absolute atomic E-state index is 13.2. The number of likely N-dealkylation sites (tertiary alicyclic amines) is 1. The minimum Gasteiger partial charge on any atom is -0.507 e. The first-order chi connectivity index (χ1) is 9.63. The highest BCUT2D eigenvalue weighted by Gasteiger charge is 2.27. The monoisotopic (exact) mass is 292 g/mol. The Bertz CT molecular complexity index is 622. The highest BCUT2D eigenvalue weighted by atomic mass is 32.2. The van der Waals surface area contributed by atoms with E-state index in [1.54, 1.807) is 0 Å². The zero-order valence-electron chi connectivity index (χ0n) is 10.7. The van der Waals surface area contributed by atoms with Gasteiger partial charge in [0.25, 0.3) is 5.91 Å². The quantitative estimate of drug-likeness (QED) is 0.808. The van der Waals surface area contributed by atoms with Crippen LogP contribution in [0.1, 0.15) is 18.4 Å². The van der Waals surface area contributed by atoms with E-state index in [0.29, 0.717) is 15.6 Å². The average molecular weight is 292 g/mol. The molecule has 20 heavy (non-hydrogen) atoms. The summed E-state index contributed by atoms with van der Waals surface area (Å²) in [5.74, 6) is -0.840. The highest BCUT2D eigenvalue weighted by molar-refractivity contribution is 8.18. The molecule has 1 N–H and O–H groups in total. The fraction of sp³-hybridized carbons (Fsp3) is 0.286. The Morgan fingerprint density at radius 3 is 2.85 bits per heavy atom. The number of rotatable bonds is 1.